The van der Waals surface area contributed by atoms with E-state index in [2.05, 4.69) is 5.32 Å². The zero-order chi connectivity index (χ0) is 13.4. The molecular weight excluding hydrogens is 244 g/mol. The Morgan fingerprint density at radius 3 is 3.16 bits per heavy atom. The van der Waals surface area contributed by atoms with Crippen LogP contribution in [0.25, 0.3) is 0 Å². The topological polar surface area (TPSA) is 58.6 Å². The van der Waals surface area contributed by atoms with Crippen LogP contribution >= 0.6 is 0 Å². The highest BCUT2D eigenvalue weighted by Crippen LogP contribution is 2.39. The minimum Gasteiger partial charge on any atom is -0.466 e. The molecule has 2 amide bonds. The average Bonchev–Trinajstić information content (AvgIpc) is 2.81. The molecule has 5 nitrogen and oxygen atoms in total. The van der Waals surface area contributed by atoms with E-state index in [1.165, 1.54) is 5.56 Å². The fourth-order valence-corrected chi connectivity index (χ4v) is 2.82. The van der Waals surface area contributed by atoms with E-state index in [0.29, 0.717) is 13.2 Å². The standard InChI is InChI=1S/C14H16N2O3/c1-2-19-12(17)8-11-10-5-3-4-9-6-7-16(13(9)10)14(18)15-11/h3-5,11H,2,6-8H2,1H3,(H,15,18). The lowest BCUT2D eigenvalue weighted by molar-refractivity contribution is -0.143. The van der Waals surface area contributed by atoms with Gasteiger partial charge in [-0.05, 0) is 24.5 Å². The van der Waals surface area contributed by atoms with Gasteiger partial charge in [0.2, 0.25) is 0 Å². The van der Waals surface area contributed by atoms with Gasteiger partial charge >= 0.3 is 12.0 Å². The minimum absolute atomic E-state index is 0.119. The molecule has 3 rings (SSSR count). The molecule has 0 spiro atoms. The summed E-state index contributed by atoms with van der Waals surface area (Å²) in [5, 5.41) is 2.88. The van der Waals surface area contributed by atoms with Crippen molar-refractivity contribution in [1.29, 1.82) is 0 Å². The number of hydrogen-bond acceptors (Lipinski definition) is 3. The highest BCUT2D eigenvalue weighted by atomic mass is 16.5. The van der Waals surface area contributed by atoms with Gasteiger partial charge in [0, 0.05) is 6.54 Å². The molecule has 1 atom stereocenters. The number of carbonyl (C=O) groups is 2. The first-order valence-electron chi connectivity index (χ1n) is 6.56. The molecular formula is C14H16N2O3. The summed E-state index contributed by atoms with van der Waals surface area (Å²) in [6, 6.07) is 5.59. The Labute approximate surface area is 111 Å². The monoisotopic (exact) mass is 260 g/mol. The second-order valence-electron chi connectivity index (χ2n) is 4.77. The van der Waals surface area contributed by atoms with Crippen molar-refractivity contribution in [3.8, 4) is 0 Å². The lowest BCUT2D eigenvalue weighted by atomic mass is 9.97. The molecule has 5 heteroatoms. The highest BCUT2D eigenvalue weighted by molar-refractivity contribution is 5.98. The molecule has 100 valence electrons. The SMILES string of the molecule is CCOC(=O)CC1NC(=O)N2CCc3cccc1c32. The first-order chi connectivity index (χ1) is 9.20. The van der Waals surface area contributed by atoms with Crippen LogP contribution in [-0.2, 0) is 16.0 Å². The Kier molecular flexibility index (Phi) is 2.89. The van der Waals surface area contributed by atoms with Crippen molar-refractivity contribution in [2.45, 2.75) is 25.8 Å². The zero-order valence-corrected chi connectivity index (χ0v) is 10.8. The number of esters is 1. The van der Waals surface area contributed by atoms with Gasteiger partial charge in [-0.3, -0.25) is 9.69 Å². The van der Waals surface area contributed by atoms with Gasteiger partial charge in [-0.15, -0.1) is 0 Å². The predicted octanol–water partition coefficient (Wildman–Crippen LogP) is 1.77. The minimum atomic E-state index is -0.282. The molecule has 0 radical (unpaired) electrons. The summed E-state index contributed by atoms with van der Waals surface area (Å²) in [5.74, 6) is -0.281. The number of nitrogens with one attached hydrogen (secondary N) is 1. The number of ether oxygens (including phenoxy) is 1. The Hall–Kier alpha value is -2.04. The molecule has 0 saturated heterocycles. The van der Waals surface area contributed by atoms with E-state index < -0.39 is 0 Å². The number of carbonyl (C=O) groups excluding carboxylic acids is 2. The molecule has 0 bridgehead atoms. The van der Waals surface area contributed by atoms with E-state index in [-0.39, 0.29) is 24.5 Å². The predicted molar refractivity (Wildman–Crippen MR) is 70.0 cm³/mol. The molecule has 1 unspecified atom stereocenters. The van der Waals surface area contributed by atoms with Crippen molar-refractivity contribution in [1.82, 2.24) is 5.32 Å². The van der Waals surface area contributed by atoms with E-state index >= 15 is 0 Å². The number of benzene rings is 1. The maximum atomic E-state index is 12.0. The van der Waals surface area contributed by atoms with Crippen LogP contribution < -0.4 is 10.2 Å². The second kappa shape index (κ2) is 4.57. The summed E-state index contributed by atoms with van der Waals surface area (Å²) in [7, 11) is 0. The van der Waals surface area contributed by atoms with Crippen molar-refractivity contribution in [3.05, 3.63) is 29.3 Å². The van der Waals surface area contributed by atoms with Gasteiger partial charge in [0.1, 0.15) is 0 Å². The lowest BCUT2D eigenvalue weighted by Crippen LogP contribution is -2.46. The molecule has 0 aliphatic carbocycles. The fourth-order valence-electron chi connectivity index (χ4n) is 2.82. The third-order valence-corrected chi connectivity index (χ3v) is 3.62. The molecule has 1 aromatic carbocycles. The van der Waals surface area contributed by atoms with E-state index in [1.54, 1.807) is 11.8 Å². The van der Waals surface area contributed by atoms with Crippen molar-refractivity contribution < 1.29 is 14.3 Å². The molecule has 0 aromatic heterocycles. The van der Waals surface area contributed by atoms with Gasteiger partial charge in [-0.25, -0.2) is 4.79 Å². The van der Waals surface area contributed by atoms with Gasteiger partial charge in [0.25, 0.3) is 0 Å². The average molecular weight is 260 g/mol. The van der Waals surface area contributed by atoms with Crippen molar-refractivity contribution in [2.75, 3.05) is 18.1 Å². The number of para-hydroxylation sites is 1. The van der Waals surface area contributed by atoms with Crippen LogP contribution in [0.15, 0.2) is 18.2 Å². The number of amides is 2. The molecule has 0 saturated carbocycles. The Balaban J connectivity index is 1.93. The van der Waals surface area contributed by atoms with Gasteiger partial charge in [0.05, 0.1) is 24.8 Å². The maximum Gasteiger partial charge on any atom is 0.322 e. The molecule has 19 heavy (non-hydrogen) atoms. The van der Waals surface area contributed by atoms with Crippen LogP contribution in [0.3, 0.4) is 0 Å². The Morgan fingerprint density at radius 2 is 2.37 bits per heavy atom. The largest absolute Gasteiger partial charge is 0.466 e. The third kappa shape index (κ3) is 1.95. The smallest absolute Gasteiger partial charge is 0.322 e. The normalized spacial score (nSPS) is 19.9. The summed E-state index contributed by atoms with van der Waals surface area (Å²) in [5.41, 5.74) is 3.18. The van der Waals surface area contributed by atoms with Gasteiger partial charge in [-0.1, -0.05) is 18.2 Å². The number of nitrogens with zero attached hydrogens (tertiary/aromatic N) is 1. The zero-order valence-electron chi connectivity index (χ0n) is 10.8. The molecule has 0 fully saturated rings. The fraction of sp³-hybridized carbons (Fsp3) is 0.429. The van der Waals surface area contributed by atoms with Gasteiger partial charge in [-0.2, -0.15) is 0 Å². The first-order valence-corrected chi connectivity index (χ1v) is 6.56. The molecule has 2 heterocycles. The maximum absolute atomic E-state index is 12.0. The van der Waals surface area contributed by atoms with Crippen molar-refractivity contribution in [3.63, 3.8) is 0 Å². The molecule has 2 aliphatic heterocycles. The summed E-state index contributed by atoms with van der Waals surface area (Å²) < 4.78 is 4.96. The van der Waals surface area contributed by atoms with E-state index in [9.17, 15) is 9.59 Å². The summed E-state index contributed by atoms with van der Waals surface area (Å²) in [4.78, 5) is 25.4. The molecule has 2 aliphatic rings. The number of rotatable bonds is 3. The van der Waals surface area contributed by atoms with Crippen LogP contribution in [-0.4, -0.2) is 25.2 Å². The summed E-state index contributed by atoms with van der Waals surface area (Å²) >= 11 is 0. The summed E-state index contributed by atoms with van der Waals surface area (Å²) in [6.07, 6.45) is 1.06. The van der Waals surface area contributed by atoms with E-state index in [1.807, 2.05) is 18.2 Å². The van der Waals surface area contributed by atoms with E-state index in [4.69, 9.17) is 4.74 Å². The molecule has 1 N–H and O–H groups in total. The third-order valence-electron chi connectivity index (χ3n) is 3.62. The van der Waals surface area contributed by atoms with Gasteiger partial charge in [0.15, 0.2) is 0 Å². The lowest BCUT2D eigenvalue weighted by Gasteiger charge is -2.32. The van der Waals surface area contributed by atoms with Crippen LogP contribution in [0, 0.1) is 0 Å². The molecule has 1 aromatic rings. The number of urea groups is 1. The van der Waals surface area contributed by atoms with E-state index in [0.717, 1.165) is 17.7 Å². The quantitative estimate of drug-likeness (QED) is 0.842. The van der Waals surface area contributed by atoms with Crippen LogP contribution in [0.5, 0.6) is 0 Å². The number of anilines is 1. The number of hydrogen-bond donors (Lipinski definition) is 1. The Morgan fingerprint density at radius 1 is 1.53 bits per heavy atom. The van der Waals surface area contributed by atoms with Gasteiger partial charge < -0.3 is 10.1 Å². The highest BCUT2D eigenvalue weighted by Gasteiger charge is 2.36. The summed E-state index contributed by atoms with van der Waals surface area (Å²) in [6.45, 7) is 2.85. The van der Waals surface area contributed by atoms with Crippen molar-refractivity contribution >= 4 is 17.7 Å². The Bertz CT molecular complexity index is 541. The second-order valence-corrected chi connectivity index (χ2v) is 4.77. The van der Waals surface area contributed by atoms with Crippen molar-refractivity contribution in [2.24, 2.45) is 0 Å². The van der Waals surface area contributed by atoms with Crippen LogP contribution in [0.2, 0.25) is 0 Å². The van der Waals surface area contributed by atoms with Crippen LogP contribution in [0.4, 0.5) is 10.5 Å². The van der Waals surface area contributed by atoms with Crippen LogP contribution in [0.1, 0.15) is 30.5 Å². The first kappa shape index (κ1) is 12.0.